The van der Waals surface area contributed by atoms with Crippen molar-refractivity contribution in [1.82, 2.24) is 4.90 Å². The maximum atomic E-state index is 12.1. The smallest absolute Gasteiger partial charge is 0.411 e. The van der Waals surface area contributed by atoms with Gasteiger partial charge in [-0.15, -0.1) is 0 Å². The Morgan fingerprint density at radius 1 is 1.21 bits per heavy atom. The van der Waals surface area contributed by atoms with Crippen LogP contribution in [0.1, 0.15) is 5.56 Å². The summed E-state index contributed by atoms with van der Waals surface area (Å²) >= 11 is 6.16. The number of hydrogen-bond donors (Lipinski definition) is 1. The molecule has 0 aliphatic carbocycles. The van der Waals surface area contributed by atoms with E-state index >= 15 is 0 Å². The summed E-state index contributed by atoms with van der Waals surface area (Å²) in [5, 5.41) is 9.53. The van der Waals surface area contributed by atoms with Crippen LogP contribution in [0.25, 0.3) is 0 Å². The molecule has 0 bridgehead atoms. The summed E-state index contributed by atoms with van der Waals surface area (Å²) in [6, 6.07) is 3.50. The average Bonchev–Trinajstić information content (AvgIpc) is 2.51. The molecule has 9 heteroatoms. The van der Waals surface area contributed by atoms with E-state index in [-0.39, 0.29) is 19.8 Å². The van der Waals surface area contributed by atoms with Gasteiger partial charge in [0.05, 0.1) is 18.2 Å². The number of ether oxygens (including phenoxy) is 3. The maximum Gasteiger partial charge on any atom is 0.411 e. The van der Waals surface area contributed by atoms with E-state index < -0.39 is 12.8 Å². The largest absolute Gasteiger partial charge is 0.486 e. The summed E-state index contributed by atoms with van der Waals surface area (Å²) in [5.74, 6) is 1.04. The van der Waals surface area contributed by atoms with Crippen LogP contribution in [0.2, 0.25) is 5.02 Å². The molecule has 136 valence electrons. The lowest BCUT2D eigenvalue weighted by Crippen LogP contribution is -2.31. The number of alkyl halides is 3. The van der Waals surface area contributed by atoms with E-state index in [1.165, 1.54) is 0 Å². The zero-order valence-electron chi connectivity index (χ0n) is 12.9. The third-order valence-electron chi connectivity index (χ3n) is 3.30. The van der Waals surface area contributed by atoms with E-state index in [2.05, 4.69) is 4.74 Å². The van der Waals surface area contributed by atoms with Crippen LogP contribution in [0.4, 0.5) is 13.2 Å². The molecule has 0 saturated carbocycles. The van der Waals surface area contributed by atoms with Gasteiger partial charge < -0.3 is 19.3 Å². The van der Waals surface area contributed by atoms with Crippen molar-refractivity contribution in [2.24, 2.45) is 0 Å². The fourth-order valence-corrected chi connectivity index (χ4v) is 2.59. The number of halogens is 4. The first-order chi connectivity index (χ1) is 11.4. The molecule has 0 atom stereocenters. The lowest BCUT2D eigenvalue weighted by Gasteiger charge is -2.24. The highest BCUT2D eigenvalue weighted by Crippen LogP contribution is 2.38. The zero-order valence-corrected chi connectivity index (χ0v) is 13.7. The number of aliphatic hydroxyl groups excluding tert-OH is 1. The van der Waals surface area contributed by atoms with Crippen molar-refractivity contribution >= 4 is 11.6 Å². The molecule has 5 nitrogen and oxygen atoms in total. The van der Waals surface area contributed by atoms with Gasteiger partial charge in [0, 0.05) is 19.6 Å². The quantitative estimate of drug-likeness (QED) is 0.713. The minimum Gasteiger partial charge on any atom is -0.486 e. The van der Waals surface area contributed by atoms with Crippen LogP contribution < -0.4 is 9.47 Å². The maximum absolute atomic E-state index is 12.1. The fourth-order valence-electron chi connectivity index (χ4n) is 2.31. The van der Waals surface area contributed by atoms with Crippen LogP contribution >= 0.6 is 11.6 Å². The third-order valence-corrected chi connectivity index (χ3v) is 3.58. The Balaban J connectivity index is 1.93. The van der Waals surface area contributed by atoms with Gasteiger partial charge in [-0.25, -0.2) is 0 Å². The van der Waals surface area contributed by atoms with Gasteiger partial charge in [-0.1, -0.05) is 11.6 Å². The Morgan fingerprint density at radius 2 is 1.96 bits per heavy atom. The summed E-state index contributed by atoms with van der Waals surface area (Å²) < 4.78 is 51.7. The highest BCUT2D eigenvalue weighted by atomic mass is 35.5. The van der Waals surface area contributed by atoms with Gasteiger partial charge in [0.25, 0.3) is 0 Å². The van der Waals surface area contributed by atoms with Crippen LogP contribution in [0, 0.1) is 0 Å². The fraction of sp³-hybridized carbons (Fsp3) is 0.600. The summed E-state index contributed by atoms with van der Waals surface area (Å²) in [4.78, 5) is 1.78. The number of benzene rings is 1. The first kappa shape index (κ1) is 19.1. The molecule has 0 radical (unpaired) electrons. The highest BCUT2D eigenvalue weighted by Gasteiger charge is 2.27. The van der Waals surface area contributed by atoms with E-state index in [0.29, 0.717) is 42.8 Å². The summed E-state index contributed by atoms with van der Waals surface area (Å²) in [6.07, 6.45) is -4.34. The SMILES string of the molecule is OCCN(CCOCC(F)(F)F)Cc1cc(Cl)c2c(c1)OCCO2. The van der Waals surface area contributed by atoms with Crippen molar-refractivity contribution in [3.8, 4) is 11.5 Å². The zero-order chi connectivity index (χ0) is 17.6. The second-order valence-corrected chi connectivity index (χ2v) is 5.68. The molecule has 1 N–H and O–H groups in total. The van der Waals surface area contributed by atoms with Gasteiger partial charge in [-0.05, 0) is 17.7 Å². The molecule has 0 saturated heterocycles. The standard InChI is InChI=1S/C15H19ClF3NO4/c16-12-7-11(8-13-14(12)24-6-5-23-13)9-20(1-3-21)2-4-22-10-15(17,18)19/h7-8,21H,1-6,9-10H2. The molecule has 0 amide bonds. The minimum atomic E-state index is -4.34. The van der Waals surface area contributed by atoms with Crippen molar-refractivity contribution in [2.75, 3.05) is 46.1 Å². The molecular formula is C15H19ClF3NO4. The number of aliphatic hydroxyl groups is 1. The van der Waals surface area contributed by atoms with Crippen molar-refractivity contribution in [3.05, 3.63) is 22.7 Å². The summed E-state index contributed by atoms with van der Waals surface area (Å²) in [6.45, 7) is 0.333. The first-order valence-electron chi connectivity index (χ1n) is 7.45. The number of fused-ring (bicyclic) bond motifs is 1. The molecule has 1 aliphatic rings. The van der Waals surface area contributed by atoms with Crippen LogP contribution in [-0.2, 0) is 11.3 Å². The minimum absolute atomic E-state index is 0.0855. The molecular weight excluding hydrogens is 351 g/mol. The van der Waals surface area contributed by atoms with E-state index in [9.17, 15) is 13.2 Å². The second kappa shape index (κ2) is 8.75. The van der Waals surface area contributed by atoms with Crippen LogP contribution in [0.3, 0.4) is 0 Å². The molecule has 0 aromatic heterocycles. The number of hydrogen-bond acceptors (Lipinski definition) is 5. The van der Waals surface area contributed by atoms with Crippen molar-refractivity contribution in [2.45, 2.75) is 12.7 Å². The van der Waals surface area contributed by atoms with Crippen molar-refractivity contribution in [1.29, 1.82) is 0 Å². The predicted octanol–water partition coefficient (Wildman–Crippen LogP) is 2.48. The molecule has 0 spiro atoms. The van der Waals surface area contributed by atoms with Gasteiger partial charge in [0.2, 0.25) is 0 Å². The molecule has 0 unspecified atom stereocenters. The Bertz CT molecular complexity index is 542. The predicted molar refractivity (Wildman–Crippen MR) is 81.7 cm³/mol. The Labute approximate surface area is 142 Å². The molecule has 0 fully saturated rings. The molecule has 24 heavy (non-hydrogen) atoms. The molecule has 1 aromatic rings. The van der Waals surface area contributed by atoms with E-state index in [1.54, 1.807) is 17.0 Å². The normalized spacial score (nSPS) is 14.2. The van der Waals surface area contributed by atoms with Gasteiger partial charge in [0.15, 0.2) is 11.5 Å². The lowest BCUT2D eigenvalue weighted by atomic mass is 10.1. The first-order valence-corrected chi connectivity index (χ1v) is 7.82. The molecule has 1 aliphatic heterocycles. The van der Waals surface area contributed by atoms with Gasteiger partial charge in [-0.3, -0.25) is 4.90 Å². The Kier molecular flexibility index (Phi) is 6.97. The molecule has 1 aromatic carbocycles. The van der Waals surface area contributed by atoms with Gasteiger partial charge >= 0.3 is 6.18 Å². The van der Waals surface area contributed by atoms with Crippen molar-refractivity contribution < 1.29 is 32.5 Å². The molecule has 1 heterocycles. The van der Waals surface area contributed by atoms with Gasteiger partial charge in [-0.2, -0.15) is 13.2 Å². The molecule has 2 rings (SSSR count). The Morgan fingerprint density at radius 3 is 2.67 bits per heavy atom. The highest BCUT2D eigenvalue weighted by molar-refractivity contribution is 6.32. The van der Waals surface area contributed by atoms with E-state index in [1.807, 2.05) is 0 Å². The summed E-state index contributed by atoms with van der Waals surface area (Å²) in [5.41, 5.74) is 0.813. The number of nitrogens with zero attached hydrogens (tertiary/aromatic N) is 1. The van der Waals surface area contributed by atoms with Crippen LogP contribution in [0.5, 0.6) is 11.5 Å². The van der Waals surface area contributed by atoms with Crippen LogP contribution in [0.15, 0.2) is 12.1 Å². The number of rotatable bonds is 8. The average molecular weight is 370 g/mol. The van der Waals surface area contributed by atoms with Crippen LogP contribution in [-0.4, -0.2) is 62.3 Å². The monoisotopic (exact) mass is 369 g/mol. The Hall–Kier alpha value is -1.22. The third kappa shape index (κ3) is 6.01. The van der Waals surface area contributed by atoms with E-state index in [4.69, 9.17) is 26.2 Å². The summed E-state index contributed by atoms with van der Waals surface area (Å²) in [7, 11) is 0. The second-order valence-electron chi connectivity index (χ2n) is 5.27. The van der Waals surface area contributed by atoms with Gasteiger partial charge in [0.1, 0.15) is 19.8 Å². The lowest BCUT2D eigenvalue weighted by molar-refractivity contribution is -0.174. The topological polar surface area (TPSA) is 51.2 Å². The van der Waals surface area contributed by atoms with Crippen molar-refractivity contribution in [3.63, 3.8) is 0 Å². The van der Waals surface area contributed by atoms with E-state index in [0.717, 1.165) is 5.56 Å².